The Balaban J connectivity index is 1.79. The number of thioether (sulfide) groups is 2. The Labute approximate surface area is 116 Å². The maximum Gasteiger partial charge on any atom is 0.234 e. The van der Waals surface area contributed by atoms with Gasteiger partial charge in [-0.2, -0.15) is 16.7 Å². The number of nitrogens with zero attached hydrogens (tertiary/aromatic N) is 2. The van der Waals surface area contributed by atoms with Gasteiger partial charge in [-0.05, 0) is 12.8 Å². The third-order valence-electron chi connectivity index (χ3n) is 3.95. The highest BCUT2D eigenvalue weighted by Gasteiger charge is 2.40. The van der Waals surface area contributed by atoms with Crippen LogP contribution < -0.4 is 5.73 Å². The third kappa shape index (κ3) is 2.30. The minimum Gasteiger partial charge on any atom is -0.339 e. The molecule has 0 bridgehead atoms. The molecule has 0 aromatic carbocycles. The van der Waals surface area contributed by atoms with Crippen molar-refractivity contribution in [3.63, 3.8) is 0 Å². The zero-order chi connectivity index (χ0) is 12.4. The van der Waals surface area contributed by atoms with E-state index in [0.29, 0.717) is 11.8 Å². The Morgan fingerprint density at radius 2 is 2.17 bits per heavy atom. The highest BCUT2D eigenvalue weighted by molar-refractivity contribution is 8.06. The summed E-state index contributed by atoms with van der Waals surface area (Å²) in [7, 11) is 0. The Morgan fingerprint density at radius 1 is 1.33 bits per heavy atom. The van der Waals surface area contributed by atoms with E-state index in [9.17, 15) is 0 Å². The summed E-state index contributed by atoms with van der Waals surface area (Å²) in [4.78, 5) is 4.67. The molecule has 6 heteroatoms. The monoisotopic (exact) mass is 285 g/mol. The molecule has 2 aliphatic rings. The van der Waals surface area contributed by atoms with E-state index in [1.54, 1.807) is 0 Å². The van der Waals surface area contributed by atoms with Crippen LogP contribution in [0.5, 0.6) is 0 Å². The molecule has 100 valence electrons. The molecule has 18 heavy (non-hydrogen) atoms. The fourth-order valence-corrected chi connectivity index (χ4v) is 5.36. The molecule has 0 amide bonds. The van der Waals surface area contributed by atoms with Crippen LogP contribution in [0.15, 0.2) is 4.52 Å². The highest BCUT2D eigenvalue weighted by Crippen LogP contribution is 2.41. The van der Waals surface area contributed by atoms with Crippen molar-refractivity contribution in [1.29, 1.82) is 0 Å². The minimum atomic E-state index is -0.0300. The van der Waals surface area contributed by atoms with Gasteiger partial charge in [0.05, 0.1) is 10.7 Å². The lowest BCUT2D eigenvalue weighted by Gasteiger charge is -2.21. The molecular formula is C12H19N3OS2. The van der Waals surface area contributed by atoms with E-state index < -0.39 is 0 Å². The molecule has 1 saturated carbocycles. The first-order chi connectivity index (χ1) is 8.84. The lowest BCUT2D eigenvalue weighted by Crippen LogP contribution is -2.32. The second-order valence-electron chi connectivity index (χ2n) is 5.08. The van der Waals surface area contributed by atoms with E-state index in [-0.39, 0.29) is 5.41 Å². The summed E-state index contributed by atoms with van der Waals surface area (Å²) in [5.41, 5.74) is 5.92. The summed E-state index contributed by atoms with van der Waals surface area (Å²) >= 11 is 3.92. The molecule has 2 fully saturated rings. The predicted octanol–water partition coefficient (Wildman–Crippen LogP) is 2.36. The van der Waals surface area contributed by atoms with Crippen molar-refractivity contribution < 1.29 is 4.52 Å². The van der Waals surface area contributed by atoms with Crippen molar-refractivity contribution in [3.8, 4) is 0 Å². The summed E-state index contributed by atoms with van der Waals surface area (Å²) in [6.45, 7) is 0.626. The fraction of sp³-hybridized carbons (Fsp3) is 0.833. The first-order valence-corrected chi connectivity index (χ1v) is 8.78. The molecule has 1 saturated heterocycles. The second-order valence-corrected chi connectivity index (χ2v) is 7.54. The summed E-state index contributed by atoms with van der Waals surface area (Å²) in [6, 6.07) is 0. The van der Waals surface area contributed by atoms with Gasteiger partial charge in [-0.1, -0.05) is 18.0 Å². The van der Waals surface area contributed by atoms with Gasteiger partial charge < -0.3 is 10.3 Å². The molecule has 1 aliphatic carbocycles. The quantitative estimate of drug-likeness (QED) is 0.919. The number of hydrogen-bond acceptors (Lipinski definition) is 6. The van der Waals surface area contributed by atoms with Crippen LogP contribution in [0.25, 0.3) is 0 Å². The van der Waals surface area contributed by atoms with Crippen molar-refractivity contribution >= 4 is 23.5 Å². The molecule has 1 aromatic rings. The third-order valence-corrected chi connectivity index (χ3v) is 6.70. The highest BCUT2D eigenvalue weighted by atomic mass is 32.2. The number of aromatic nitrogens is 2. The normalized spacial score (nSPS) is 27.5. The predicted molar refractivity (Wildman–Crippen MR) is 76.0 cm³/mol. The van der Waals surface area contributed by atoms with E-state index in [1.807, 2.05) is 23.5 Å². The van der Waals surface area contributed by atoms with Crippen LogP contribution in [-0.2, 0) is 5.41 Å². The molecule has 2 N–H and O–H groups in total. The first kappa shape index (κ1) is 12.8. The van der Waals surface area contributed by atoms with Gasteiger partial charge in [0.2, 0.25) is 5.89 Å². The fourth-order valence-electron chi connectivity index (χ4n) is 2.77. The molecule has 0 radical (unpaired) electrons. The van der Waals surface area contributed by atoms with Crippen molar-refractivity contribution in [3.05, 3.63) is 11.7 Å². The standard InChI is InChI=1S/C12H19N3OS2/c13-8-12(3-1-2-4-12)11-14-10(15-16-11)9-7-17-5-6-18-9/h9H,1-8,13H2. The molecular weight excluding hydrogens is 266 g/mol. The molecule has 1 aromatic heterocycles. The van der Waals surface area contributed by atoms with E-state index in [0.717, 1.165) is 30.3 Å². The average molecular weight is 285 g/mol. The Hall–Kier alpha value is -0.200. The lowest BCUT2D eigenvalue weighted by atomic mass is 9.86. The Bertz CT molecular complexity index is 398. The van der Waals surface area contributed by atoms with Crippen LogP contribution in [0, 0.1) is 0 Å². The van der Waals surface area contributed by atoms with E-state index in [2.05, 4.69) is 10.1 Å². The first-order valence-electron chi connectivity index (χ1n) is 6.58. The van der Waals surface area contributed by atoms with Crippen molar-refractivity contribution in [2.24, 2.45) is 5.73 Å². The van der Waals surface area contributed by atoms with Crippen LogP contribution in [0.2, 0.25) is 0 Å². The van der Waals surface area contributed by atoms with Gasteiger partial charge in [0, 0.05) is 23.8 Å². The molecule has 1 unspecified atom stereocenters. The molecule has 4 nitrogen and oxygen atoms in total. The summed E-state index contributed by atoms with van der Waals surface area (Å²) in [6.07, 6.45) is 4.64. The number of nitrogens with two attached hydrogens (primary N) is 1. The molecule has 1 atom stereocenters. The van der Waals surface area contributed by atoms with Gasteiger partial charge in [-0.15, -0.1) is 11.8 Å². The molecule has 1 aliphatic heterocycles. The van der Waals surface area contributed by atoms with Gasteiger partial charge in [-0.25, -0.2) is 0 Å². The maximum absolute atomic E-state index is 5.95. The summed E-state index contributed by atoms with van der Waals surface area (Å²) < 4.78 is 5.53. The number of hydrogen-bond donors (Lipinski definition) is 1. The van der Waals surface area contributed by atoms with Gasteiger partial charge in [-0.3, -0.25) is 0 Å². The van der Waals surface area contributed by atoms with Crippen LogP contribution in [0.3, 0.4) is 0 Å². The van der Waals surface area contributed by atoms with E-state index in [1.165, 1.54) is 24.3 Å². The maximum atomic E-state index is 5.95. The van der Waals surface area contributed by atoms with E-state index >= 15 is 0 Å². The Morgan fingerprint density at radius 3 is 2.83 bits per heavy atom. The molecule has 2 heterocycles. The zero-order valence-electron chi connectivity index (χ0n) is 10.4. The minimum absolute atomic E-state index is 0.0300. The zero-order valence-corrected chi connectivity index (χ0v) is 12.1. The summed E-state index contributed by atoms with van der Waals surface area (Å²) in [5.74, 6) is 5.18. The van der Waals surface area contributed by atoms with Gasteiger partial charge >= 0.3 is 0 Å². The van der Waals surface area contributed by atoms with E-state index in [4.69, 9.17) is 10.3 Å². The van der Waals surface area contributed by atoms with Crippen LogP contribution in [-0.4, -0.2) is 33.9 Å². The van der Waals surface area contributed by atoms with Crippen LogP contribution >= 0.6 is 23.5 Å². The Kier molecular flexibility index (Phi) is 3.86. The average Bonchev–Trinajstić information content (AvgIpc) is 3.09. The van der Waals surface area contributed by atoms with Gasteiger partial charge in [0.15, 0.2) is 5.82 Å². The summed E-state index contributed by atoms with van der Waals surface area (Å²) in [5, 5.41) is 4.60. The molecule has 0 spiro atoms. The van der Waals surface area contributed by atoms with Crippen molar-refractivity contribution in [1.82, 2.24) is 10.1 Å². The molecule has 3 rings (SSSR count). The number of rotatable bonds is 3. The lowest BCUT2D eigenvalue weighted by molar-refractivity contribution is 0.283. The SMILES string of the molecule is NCC1(c2nc(C3CSCCS3)no2)CCCC1. The van der Waals surface area contributed by atoms with Gasteiger partial charge in [0.1, 0.15) is 0 Å². The van der Waals surface area contributed by atoms with Crippen molar-refractivity contribution in [2.45, 2.75) is 36.3 Å². The van der Waals surface area contributed by atoms with Gasteiger partial charge in [0.25, 0.3) is 0 Å². The van der Waals surface area contributed by atoms with Crippen LogP contribution in [0.1, 0.15) is 42.6 Å². The van der Waals surface area contributed by atoms with Crippen molar-refractivity contribution in [2.75, 3.05) is 23.8 Å². The largest absolute Gasteiger partial charge is 0.339 e. The second kappa shape index (κ2) is 5.43. The van der Waals surface area contributed by atoms with Crippen LogP contribution in [0.4, 0.5) is 0 Å². The smallest absolute Gasteiger partial charge is 0.234 e. The topological polar surface area (TPSA) is 64.9 Å².